The van der Waals surface area contributed by atoms with Gasteiger partial charge in [-0.1, -0.05) is 30.3 Å². The van der Waals surface area contributed by atoms with E-state index in [0.717, 1.165) is 32.1 Å². The van der Waals surface area contributed by atoms with Crippen molar-refractivity contribution in [3.05, 3.63) is 41.7 Å². The van der Waals surface area contributed by atoms with Gasteiger partial charge in [0.1, 0.15) is 0 Å². The molecular formula is C18H29BClN5O3. The van der Waals surface area contributed by atoms with Gasteiger partial charge in [0.25, 0.3) is 5.97 Å². The number of aromatic nitrogens is 3. The SMILES string of the molecule is CC(=O)OB(OCCCCCN)n1nc(CCCc2ccccc2)nc1N.Cl. The molecule has 0 bridgehead atoms. The molecule has 0 atom stereocenters. The van der Waals surface area contributed by atoms with Gasteiger partial charge in [-0.3, -0.25) is 4.79 Å². The second-order valence-electron chi connectivity index (χ2n) is 6.31. The molecule has 0 amide bonds. The quantitative estimate of drug-likeness (QED) is 0.406. The number of carbonyl (C=O) groups is 1. The molecular weight excluding hydrogens is 380 g/mol. The van der Waals surface area contributed by atoms with Crippen LogP contribution in [0.4, 0.5) is 5.95 Å². The third-order valence-corrected chi connectivity index (χ3v) is 3.99. The van der Waals surface area contributed by atoms with Crippen LogP contribution in [0.5, 0.6) is 0 Å². The Labute approximate surface area is 172 Å². The van der Waals surface area contributed by atoms with E-state index in [0.29, 0.717) is 25.4 Å². The van der Waals surface area contributed by atoms with Crippen molar-refractivity contribution in [3.63, 3.8) is 0 Å². The molecule has 1 heterocycles. The van der Waals surface area contributed by atoms with E-state index in [9.17, 15) is 4.79 Å². The highest BCUT2D eigenvalue weighted by atomic mass is 35.5. The summed E-state index contributed by atoms with van der Waals surface area (Å²) in [6.07, 6.45) is 5.19. The number of hydrogen-bond donors (Lipinski definition) is 2. The Kier molecular flexibility index (Phi) is 11.2. The third kappa shape index (κ3) is 8.29. The van der Waals surface area contributed by atoms with Crippen LogP contribution in [-0.2, 0) is 26.9 Å². The maximum Gasteiger partial charge on any atom is 0.691 e. The van der Waals surface area contributed by atoms with Crippen molar-refractivity contribution in [3.8, 4) is 0 Å². The van der Waals surface area contributed by atoms with Gasteiger partial charge in [0.05, 0.1) is 0 Å². The lowest BCUT2D eigenvalue weighted by Crippen LogP contribution is -2.36. The lowest BCUT2D eigenvalue weighted by Gasteiger charge is -2.13. The van der Waals surface area contributed by atoms with Crippen molar-refractivity contribution >= 4 is 31.6 Å². The van der Waals surface area contributed by atoms with E-state index < -0.39 is 13.2 Å². The smallest absolute Gasteiger partial charge is 0.490 e. The molecule has 1 aromatic heterocycles. The Morgan fingerprint density at radius 2 is 1.89 bits per heavy atom. The van der Waals surface area contributed by atoms with E-state index in [4.69, 9.17) is 20.8 Å². The van der Waals surface area contributed by atoms with E-state index in [1.165, 1.54) is 17.1 Å². The summed E-state index contributed by atoms with van der Waals surface area (Å²) < 4.78 is 12.2. The van der Waals surface area contributed by atoms with Gasteiger partial charge in [-0.15, -0.1) is 12.4 Å². The molecule has 0 saturated carbocycles. The minimum absolute atomic E-state index is 0. The largest absolute Gasteiger partial charge is 0.691 e. The molecule has 0 aliphatic heterocycles. The van der Waals surface area contributed by atoms with Crippen LogP contribution in [0, 0.1) is 0 Å². The zero-order chi connectivity index (χ0) is 19.5. The minimum atomic E-state index is -1.00. The molecule has 8 nitrogen and oxygen atoms in total. The van der Waals surface area contributed by atoms with E-state index >= 15 is 0 Å². The average molecular weight is 410 g/mol. The summed E-state index contributed by atoms with van der Waals surface area (Å²) in [5, 5.41) is 4.37. The Balaban J connectivity index is 0.00000392. The van der Waals surface area contributed by atoms with E-state index in [-0.39, 0.29) is 18.4 Å². The molecule has 0 saturated heterocycles. The van der Waals surface area contributed by atoms with Gasteiger partial charge in [0.2, 0.25) is 5.95 Å². The molecule has 0 fully saturated rings. The van der Waals surface area contributed by atoms with Crippen LogP contribution in [0.1, 0.15) is 44.0 Å². The maximum absolute atomic E-state index is 11.4. The summed E-state index contributed by atoms with van der Waals surface area (Å²) in [5.74, 6) is 0.299. The fourth-order valence-corrected chi connectivity index (χ4v) is 2.64. The van der Waals surface area contributed by atoms with Crippen molar-refractivity contribution in [1.29, 1.82) is 0 Å². The standard InChI is InChI=1S/C18H28BN5O3.ClH/c1-15(25)27-19(26-14-7-3-6-13-20)24-18(21)22-17(23-24)12-8-11-16-9-4-2-5-10-16;/h2,4-5,9-10H,3,6-8,11-14,20H2,1H3,(H2,21,22,23);1H. The molecule has 0 unspecified atom stereocenters. The topological polar surface area (TPSA) is 118 Å². The fourth-order valence-electron chi connectivity index (χ4n) is 2.64. The van der Waals surface area contributed by atoms with Crippen LogP contribution >= 0.6 is 12.4 Å². The van der Waals surface area contributed by atoms with Crippen LogP contribution in [0.3, 0.4) is 0 Å². The van der Waals surface area contributed by atoms with Crippen LogP contribution in [-0.4, -0.2) is 41.0 Å². The van der Waals surface area contributed by atoms with Gasteiger partial charge in [-0.25, -0.2) is 4.59 Å². The third-order valence-electron chi connectivity index (χ3n) is 3.99. The van der Waals surface area contributed by atoms with Crippen LogP contribution < -0.4 is 11.5 Å². The van der Waals surface area contributed by atoms with Crippen molar-refractivity contribution in [1.82, 2.24) is 14.7 Å². The van der Waals surface area contributed by atoms with Gasteiger partial charge in [0.15, 0.2) is 5.82 Å². The highest BCUT2D eigenvalue weighted by Crippen LogP contribution is 2.10. The Bertz CT molecular complexity index is 702. The fraction of sp³-hybridized carbons (Fsp3) is 0.500. The lowest BCUT2D eigenvalue weighted by molar-refractivity contribution is -0.133. The predicted octanol–water partition coefficient (Wildman–Crippen LogP) is 2.00. The maximum atomic E-state index is 11.4. The summed E-state index contributed by atoms with van der Waals surface area (Å²) >= 11 is 0. The first-order chi connectivity index (χ1) is 13.1. The van der Waals surface area contributed by atoms with Gasteiger partial charge >= 0.3 is 7.25 Å². The van der Waals surface area contributed by atoms with E-state index in [2.05, 4.69) is 22.2 Å². The van der Waals surface area contributed by atoms with Gasteiger partial charge in [-0.05, 0) is 44.2 Å². The number of nitrogens with two attached hydrogens (primary N) is 2. The average Bonchev–Trinajstić information content (AvgIpc) is 3.01. The van der Waals surface area contributed by atoms with E-state index in [1.54, 1.807) is 0 Å². The Morgan fingerprint density at radius 3 is 2.57 bits per heavy atom. The summed E-state index contributed by atoms with van der Waals surface area (Å²) in [6, 6.07) is 10.2. The number of nitrogens with zero attached hydrogens (tertiary/aromatic N) is 3. The summed E-state index contributed by atoms with van der Waals surface area (Å²) in [7, 11) is -1.00. The molecule has 0 spiro atoms. The summed E-state index contributed by atoms with van der Waals surface area (Å²) in [5.41, 5.74) is 12.7. The molecule has 4 N–H and O–H groups in total. The molecule has 0 aliphatic rings. The molecule has 1 aromatic carbocycles. The number of hydrogen-bond acceptors (Lipinski definition) is 7. The van der Waals surface area contributed by atoms with Crippen molar-refractivity contribution < 1.29 is 14.1 Å². The van der Waals surface area contributed by atoms with Crippen LogP contribution in [0.25, 0.3) is 0 Å². The first-order valence-corrected chi connectivity index (χ1v) is 9.34. The first kappa shape index (κ1) is 23.9. The first-order valence-electron chi connectivity index (χ1n) is 9.34. The van der Waals surface area contributed by atoms with E-state index in [1.807, 2.05) is 18.2 Å². The van der Waals surface area contributed by atoms with Crippen molar-refractivity contribution in [2.75, 3.05) is 18.9 Å². The number of aryl methyl sites for hydroxylation is 2. The normalized spacial score (nSPS) is 10.4. The van der Waals surface area contributed by atoms with Crippen LogP contribution in [0.15, 0.2) is 30.3 Å². The summed E-state index contributed by atoms with van der Waals surface area (Å²) in [6.45, 7) is 2.38. The van der Waals surface area contributed by atoms with Crippen molar-refractivity contribution in [2.45, 2.75) is 45.4 Å². The molecule has 2 aromatic rings. The zero-order valence-corrected chi connectivity index (χ0v) is 17.1. The minimum Gasteiger partial charge on any atom is -0.490 e. The molecule has 0 radical (unpaired) electrons. The number of carbonyl (C=O) groups excluding carboxylic acids is 1. The number of benzene rings is 1. The number of halogens is 1. The Morgan fingerprint density at radius 1 is 1.14 bits per heavy atom. The number of anilines is 1. The second kappa shape index (κ2) is 13.1. The lowest BCUT2D eigenvalue weighted by atomic mass is 10.1. The molecule has 2 rings (SSSR count). The van der Waals surface area contributed by atoms with Gasteiger partial charge < -0.3 is 20.8 Å². The second-order valence-corrected chi connectivity index (χ2v) is 6.31. The molecule has 0 aliphatic carbocycles. The molecule has 10 heteroatoms. The predicted molar refractivity (Wildman–Crippen MR) is 112 cm³/mol. The van der Waals surface area contributed by atoms with Crippen LogP contribution in [0.2, 0.25) is 0 Å². The highest BCUT2D eigenvalue weighted by Gasteiger charge is 2.30. The Hall–Kier alpha value is -2.10. The van der Waals surface area contributed by atoms with Gasteiger partial charge in [-0.2, -0.15) is 10.1 Å². The number of rotatable bonds is 12. The molecule has 154 valence electrons. The monoisotopic (exact) mass is 409 g/mol. The summed E-state index contributed by atoms with van der Waals surface area (Å²) in [4.78, 5) is 15.7. The zero-order valence-electron chi connectivity index (χ0n) is 16.3. The number of unbranched alkanes of at least 4 members (excludes halogenated alkanes) is 2. The molecule has 28 heavy (non-hydrogen) atoms. The van der Waals surface area contributed by atoms with Gasteiger partial charge in [0, 0.05) is 20.0 Å². The van der Waals surface area contributed by atoms with Crippen molar-refractivity contribution in [2.24, 2.45) is 5.73 Å². The number of nitrogen functional groups attached to an aromatic ring is 1. The highest BCUT2D eigenvalue weighted by molar-refractivity contribution is 6.45.